The molecule has 0 fully saturated rings. The molecule has 55 heavy (non-hydrogen) atoms. The molecule has 0 unspecified atom stereocenters. The molecule has 0 aliphatic carbocycles. The molecule has 0 radical (unpaired) electrons. The zero-order chi connectivity index (χ0) is 36.3. The van der Waals surface area contributed by atoms with Gasteiger partial charge in [0.05, 0.1) is 0 Å². The summed E-state index contributed by atoms with van der Waals surface area (Å²) in [6.45, 7) is 0. The van der Waals surface area contributed by atoms with E-state index in [1.165, 1.54) is 53.2 Å². The summed E-state index contributed by atoms with van der Waals surface area (Å²) in [4.78, 5) is 15.7. The maximum atomic E-state index is 5.31. The van der Waals surface area contributed by atoms with E-state index in [0.717, 1.165) is 38.2 Å². The second kappa shape index (κ2) is 12.8. The third kappa shape index (κ3) is 5.22. The zero-order valence-electron chi connectivity index (χ0n) is 29.6. The Morgan fingerprint density at radius 3 is 1.42 bits per heavy atom. The van der Waals surface area contributed by atoms with Crippen LogP contribution in [0.2, 0.25) is 0 Å². The highest BCUT2D eigenvalue weighted by Crippen LogP contribution is 2.46. The first-order chi connectivity index (χ1) is 27.3. The number of thiophene rings is 1. The second-order valence-electron chi connectivity index (χ2n) is 13.9. The fraction of sp³-hybridized carbons (Fsp3) is 0. The van der Waals surface area contributed by atoms with Gasteiger partial charge in [-0.15, -0.1) is 11.3 Å². The molecule has 0 saturated heterocycles. The van der Waals surface area contributed by atoms with Crippen LogP contribution >= 0.6 is 11.3 Å². The lowest BCUT2D eigenvalue weighted by Gasteiger charge is -2.15. The first kappa shape index (κ1) is 31.5. The highest BCUT2D eigenvalue weighted by atomic mass is 32.1. The van der Waals surface area contributed by atoms with Gasteiger partial charge in [0.15, 0.2) is 17.5 Å². The fourth-order valence-corrected chi connectivity index (χ4v) is 9.46. The number of rotatable bonds is 5. The van der Waals surface area contributed by atoms with Gasteiger partial charge in [-0.25, -0.2) is 15.0 Å². The van der Waals surface area contributed by atoms with Gasteiger partial charge in [-0.05, 0) is 78.8 Å². The topological polar surface area (TPSA) is 38.7 Å². The van der Waals surface area contributed by atoms with Crippen LogP contribution in [0.4, 0.5) is 0 Å². The van der Waals surface area contributed by atoms with Gasteiger partial charge in [-0.1, -0.05) is 164 Å². The van der Waals surface area contributed by atoms with Gasteiger partial charge < -0.3 is 0 Å². The maximum Gasteiger partial charge on any atom is 0.164 e. The van der Waals surface area contributed by atoms with E-state index in [2.05, 4.69) is 170 Å². The Kier molecular flexibility index (Phi) is 7.35. The van der Waals surface area contributed by atoms with E-state index in [1.54, 1.807) is 0 Å². The van der Waals surface area contributed by atoms with E-state index in [4.69, 9.17) is 15.0 Å². The summed E-state index contributed by atoms with van der Waals surface area (Å²) in [7, 11) is 0. The van der Waals surface area contributed by atoms with Crippen molar-refractivity contribution in [3.63, 3.8) is 0 Å². The highest BCUT2D eigenvalue weighted by molar-refractivity contribution is 7.26. The first-order valence-corrected chi connectivity index (χ1v) is 19.3. The second-order valence-corrected chi connectivity index (χ2v) is 15.0. The minimum Gasteiger partial charge on any atom is -0.208 e. The summed E-state index contributed by atoms with van der Waals surface area (Å²) in [6.07, 6.45) is 0. The van der Waals surface area contributed by atoms with Crippen LogP contribution in [-0.2, 0) is 0 Å². The predicted molar refractivity (Wildman–Crippen MR) is 232 cm³/mol. The number of fused-ring (bicyclic) bond motifs is 7. The number of hydrogen-bond acceptors (Lipinski definition) is 4. The van der Waals surface area contributed by atoms with Gasteiger partial charge in [-0.3, -0.25) is 0 Å². The van der Waals surface area contributed by atoms with E-state index in [0.29, 0.717) is 17.5 Å². The molecule has 0 aliphatic rings. The third-order valence-electron chi connectivity index (χ3n) is 10.7. The van der Waals surface area contributed by atoms with Crippen LogP contribution in [0.5, 0.6) is 0 Å². The van der Waals surface area contributed by atoms with Gasteiger partial charge in [0.2, 0.25) is 0 Å². The summed E-state index contributed by atoms with van der Waals surface area (Å²) in [5.41, 5.74) is 7.68. The van der Waals surface area contributed by atoms with Crippen molar-refractivity contribution in [1.82, 2.24) is 15.0 Å². The number of benzene rings is 9. The molecule has 11 rings (SSSR count). The molecule has 0 aliphatic heterocycles. The quantitative estimate of drug-likeness (QED) is 0.178. The SMILES string of the molecule is c1ccc(-c2nc(-c3ccc(-c4ccccc4)c4ccccc34)nc(-c3ccc(-c4cc5ccccc5c5sc6ccccc6c45)c4ccccc34)n2)cc1. The largest absolute Gasteiger partial charge is 0.208 e. The van der Waals surface area contributed by atoms with Crippen molar-refractivity contribution in [3.8, 4) is 56.4 Å². The predicted octanol–water partition coefficient (Wildman–Crippen LogP) is 14.0. The average Bonchev–Trinajstić information content (AvgIpc) is 3.66. The molecule has 0 bridgehead atoms. The van der Waals surface area contributed by atoms with Crippen LogP contribution in [0.25, 0.3) is 109 Å². The van der Waals surface area contributed by atoms with Gasteiger partial charge in [0.25, 0.3) is 0 Å². The van der Waals surface area contributed by atoms with Crippen LogP contribution in [-0.4, -0.2) is 15.0 Å². The smallest absolute Gasteiger partial charge is 0.164 e. The molecule has 2 aromatic heterocycles. The van der Waals surface area contributed by atoms with E-state index in [1.807, 2.05) is 29.5 Å². The lowest BCUT2D eigenvalue weighted by molar-refractivity contribution is 1.08. The van der Waals surface area contributed by atoms with Gasteiger partial charge in [0, 0.05) is 36.9 Å². The molecule has 11 aromatic rings. The van der Waals surface area contributed by atoms with Crippen molar-refractivity contribution in [2.24, 2.45) is 0 Å². The highest BCUT2D eigenvalue weighted by Gasteiger charge is 2.20. The van der Waals surface area contributed by atoms with E-state index >= 15 is 0 Å². The summed E-state index contributed by atoms with van der Waals surface area (Å²) >= 11 is 1.88. The molecule has 0 saturated carbocycles. The minimum absolute atomic E-state index is 0.644. The van der Waals surface area contributed by atoms with Gasteiger partial charge >= 0.3 is 0 Å². The monoisotopic (exact) mass is 717 g/mol. The Morgan fingerprint density at radius 1 is 0.309 bits per heavy atom. The summed E-state index contributed by atoms with van der Waals surface area (Å²) in [6, 6.07) is 66.7. The van der Waals surface area contributed by atoms with Crippen molar-refractivity contribution in [2.75, 3.05) is 0 Å². The Balaban J connectivity index is 1.15. The Hall–Kier alpha value is -7.01. The van der Waals surface area contributed by atoms with Crippen LogP contribution in [0, 0.1) is 0 Å². The average molecular weight is 718 g/mol. The van der Waals surface area contributed by atoms with E-state index in [9.17, 15) is 0 Å². The lowest BCUT2D eigenvalue weighted by Crippen LogP contribution is -2.01. The molecule has 9 aromatic carbocycles. The van der Waals surface area contributed by atoms with Crippen LogP contribution in [0.3, 0.4) is 0 Å². The molecule has 256 valence electrons. The number of hydrogen-bond donors (Lipinski definition) is 0. The zero-order valence-corrected chi connectivity index (χ0v) is 30.5. The maximum absolute atomic E-state index is 5.31. The van der Waals surface area contributed by atoms with Crippen molar-refractivity contribution in [3.05, 3.63) is 188 Å². The van der Waals surface area contributed by atoms with E-state index < -0.39 is 0 Å². The Labute approximate surface area is 321 Å². The van der Waals surface area contributed by atoms with Crippen molar-refractivity contribution < 1.29 is 0 Å². The fourth-order valence-electron chi connectivity index (χ4n) is 8.20. The van der Waals surface area contributed by atoms with Gasteiger partial charge in [0.1, 0.15) is 0 Å². The van der Waals surface area contributed by atoms with E-state index in [-0.39, 0.29) is 0 Å². The molecule has 4 heteroatoms. The number of nitrogens with zero attached hydrogens (tertiary/aromatic N) is 3. The third-order valence-corrected chi connectivity index (χ3v) is 11.9. The minimum atomic E-state index is 0.644. The molecule has 0 amide bonds. The Morgan fingerprint density at radius 2 is 0.764 bits per heavy atom. The molecule has 3 nitrogen and oxygen atoms in total. The Bertz CT molecular complexity index is 3260. The lowest BCUT2D eigenvalue weighted by atomic mass is 9.90. The van der Waals surface area contributed by atoms with Crippen LogP contribution in [0.15, 0.2) is 188 Å². The molecule has 0 atom stereocenters. The summed E-state index contributed by atoms with van der Waals surface area (Å²) < 4.78 is 2.62. The molecule has 0 spiro atoms. The van der Waals surface area contributed by atoms with Crippen molar-refractivity contribution in [1.29, 1.82) is 0 Å². The van der Waals surface area contributed by atoms with Crippen molar-refractivity contribution >= 4 is 63.8 Å². The molecule has 2 heterocycles. The van der Waals surface area contributed by atoms with Crippen LogP contribution in [0.1, 0.15) is 0 Å². The standard InChI is InChI=1S/C51H31N3S/c1-3-15-32(16-4-1)35-27-29-42(39-23-11-9-21-37(35)39)50-52-49(33-17-5-2-6-18-33)53-51(54-50)43-30-28-41(38-22-10-12-24-40(38)43)45-31-34-19-7-8-20-36(34)48-47(45)44-25-13-14-26-46(44)55-48/h1-31H. The number of aromatic nitrogens is 3. The van der Waals surface area contributed by atoms with Crippen LogP contribution < -0.4 is 0 Å². The first-order valence-electron chi connectivity index (χ1n) is 18.5. The molecule has 0 N–H and O–H groups in total. The normalized spacial score (nSPS) is 11.6. The van der Waals surface area contributed by atoms with Crippen molar-refractivity contribution in [2.45, 2.75) is 0 Å². The van der Waals surface area contributed by atoms with Gasteiger partial charge in [-0.2, -0.15) is 0 Å². The molecular formula is C51H31N3S. The molecular weight excluding hydrogens is 687 g/mol. The summed E-state index contributed by atoms with van der Waals surface area (Å²) in [5.74, 6) is 1.94. The summed E-state index contributed by atoms with van der Waals surface area (Å²) in [5, 5.41) is 9.64.